The van der Waals surface area contributed by atoms with Gasteiger partial charge in [0.1, 0.15) is 10.7 Å². The standard InChI is InChI=1S/C14H13BrF3NO/c1-3-8-19-13(15)9(2)12(20)10-4-6-11(7-5-10)14(16,17)18/h3-8,12,20H,2H2,1H3/b8-3-,19-13+. The largest absolute Gasteiger partial charge is 0.416 e. The third-order valence-electron chi connectivity index (χ3n) is 2.49. The zero-order chi connectivity index (χ0) is 15.3. The summed E-state index contributed by atoms with van der Waals surface area (Å²) in [6.07, 6.45) is -2.32. The smallest absolute Gasteiger partial charge is 0.384 e. The van der Waals surface area contributed by atoms with Crippen LogP contribution in [0.3, 0.4) is 0 Å². The van der Waals surface area contributed by atoms with Crippen LogP contribution >= 0.6 is 15.9 Å². The van der Waals surface area contributed by atoms with E-state index in [-0.39, 0.29) is 5.57 Å². The van der Waals surface area contributed by atoms with E-state index in [0.717, 1.165) is 12.1 Å². The highest BCUT2D eigenvalue weighted by Crippen LogP contribution is 2.31. The number of aliphatic imine (C=N–C) groups is 1. The molecule has 1 unspecified atom stereocenters. The Labute approximate surface area is 123 Å². The minimum Gasteiger partial charge on any atom is -0.384 e. The first-order valence-electron chi connectivity index (χ1n) is 5.66. The molecule has 108 valence electrons. The van der Waals surface area contributed by atoms with Gasteiger partial charge in [0.25, 0.3) is 0 Å². The molecule has 0 aromatic heterocycles. The summed E-state index contributed by atoms with van der Waals surface area (Å²) in [4.78, 5) is 3.96. The molecule has 0 aliphatic carbocycles. The number of hydrogen-bond donors (Lipinski definition) is 1. The molecule has 1 rings (SSSR count). The van der Waals surface area contributed by atoms with E-state index in [2.05, 4.69) is 27.5 Å². The number of benzene rings is 1. The Morgan fingerprint density at radius 3 is 2.35 bits per heavy atom. The predicted octanol–water partition coefficient (Wildman–Crippen LogP) is 4.62. The molecule has 0 aliphatic rings. The van der Waals surface area contributed by atoms with E-state index in [0.29, 0.717) is 10.2 Å². The average Bonchev–Trinajstić information content (AvgIpc) is 2.42. The highest BCUT2D eigenvalue weighted by atomic mass is 79.9. The van der Waals surface area contributed by atoms with E-state index >= 15 is 0 Å². The van der Waals surface area contributed by atoms with Crippen LogP contribution in [0, 0.1) is 0 Å². The van der Waals surface area contributed by atoms with E-state index in [1.807, 2.05) is 0 Å². The zero-order valence-corrected chi connectivity index (χ0v) is 12.2. The minimum atomic E-state index is -4.39. The molecule has 1 aromatic rings. The molecule has 0 saturated heterocycles. The Morgan fingerprint density at radius 1 is 1.35 bits per heavy atom. The second kappa shape index (κ2) is 6.85. The molecule has 0 amide bonds. The van der Waals surface area contributed by atoms with Crippen molar-refractivity contribution in [2.45, 2.75) is 19.2 Å². The van der Waals surface area contributed by atoms with E-state index in [4.69, 9.17) is 0 Å². The van der Waals surface area contributed by atoms with Crippen molar-refractivity contribution in [2.24, 2.45) is 4.99 Å². The molecule has 2 nitrogen and oxygen atoms in total. The fraction of sp³-hybridized carbons (Fsp3) is 0.214. The van der Waals surface area contributed by atoms with E-state index in [1.54, 1.807) is 13.0 Å². The van der Waals surface area contributed by atoms with Gasteiger partial charge < -0.3 is 5.11 Å². The molecular formula is C14H13BrF3NO. The molecule has 0 fully saturated rings. The van der Waals surface area contributed by atoms with Crippen molar-refractivity contribution in [3.05, 3.63) is 59.8 Å². The van der Waals surface area contributed by atoms with Gasteiger partial charge in [0.15, 0.2) is 0 Å². The van der Waals surface area contributed by atoms with Gasteiger partial charge in [-0.3, -0.25) is 0 Å². The molecule has 1 aromatic carbocycles. The number of hydrogen-bond acceptors (Lipinski definition) is 2. The molecule has 20 heavy (non-hydrogen) atoms. The second-order valence-electron chi connectivity index (χ2n) is 3.95. The van der Waals surface area contributed by atoms with Crippen molar-refractivity contribution in [1.29, 1.82) is 0 Å². The Bertz CT molecular complexity index is 532. The number of aliphatic hydroxyl groups excluding tert-OH is 1. The van der Waals surface area contributed by atoms with Crippen molar-refractivity contribution in [1.82, 2.24) is 0 Å². The van der Waals surface area contributed by atoms with Crippen LogP contribution < -0.4 is 0 Å². The molecule has 0 heterocycles. The Balaban J connectivity index is 2.93. The molecule has 0 aliphatic heterocycles. The van der Waals surface area contributed by atoms with Gasteiger partial charge in [-0.15, -0.1) is 0 Å². The summed E-state index contributed by atoms with van der Waals surface area (Å²) in [5.41, 5.74) is -0.181. The van der Waals surface area contributed by atoms with Crippen LogP contribution in [0.2, 0.25) is 0 Å². The maximum atomic E-state index is 12.4. The van der Waals surface area contributed by atoms with E-state index in [1.165, 1.54) is 18.3 Å². The quantitative estimate of drug-likeness (QED) is 0.791. The monoisotopic (exact) mass is 347 g/mol. The molecule has 6 heteroatoms. The van der Waals surface area contributed by atoms with Gasteiger partial charge in [-0.05, 0) is 40.5 Å². The van der Waals surface area contributed by atoms with Gasteiger partial charge in [-0.1, -0.05) is 24.8 Å². The van der Waals surface area contributed by atoms with Crippen LogP contribution in [0.15, 0.2) is 53.7 Å². The molecule has 0 radical (unpaired) electrons. The number of aliphatic hydroxyl groups is 1. The SMILES string of the molecule is C=C(/C(Br)=N\C=C/C)C(O)c1ccc(C(F)(F)F)cc1. The van der Waals surface area contributed by atoms with Crippen LogP contribution in [0.25, 0.3) is 0 Å². The molecule has 1 atom stereocenters. The molecule has 0 saturated carbocycles. The summed E-state index contributed by atoms with van der Waals surface area (Å²) in [7, 11) is 0. The summed E-state index contributed by atoms with van der Waals surface area (Å²) in [5.74, 6) is 0. The lowest BCUT2D eigenvalue weighted by Crippen LogP contribution is -2.08. The van der Waals surface area contributed by atoms with Crippen molar-refractivity contribution < 1.29 is 18.3 Å². The van der Waals surface area contributed by atoms with Gasteiger partial charge in [0.05, 0.1) is 5.56 Å². The summed E-state index contributed by atoms with van der Waals surface area (Å²) < 4.78 is 37.6. The van der Waals surface area contributed by atoms with Gasteiger partial charge >= 0.3 is 6.18 Å². The van der Waals surface area contributed by atoms with Gasteiger partial charge in [0.2, 0.25) is 0 Å². The first kappa shape index (κ1) is 16.7. The van der Waals surface area contributed by atoms with Crippen LogP contribution in [-0.4, -0.2) is 9.73 Å². The Morgan fingerprint density at radius 2 is 1.90 bits per heavy atom. The molecule has 0 spiro atoms. The zero-order valence-electron chi connectivity index (χ0n) is 10.7. The summed E-state index contributed by atoms with van der Waals surface area (Å²) in [6.45, 7) is 5.45. The fourth-order valence-corrected chi connectivity index (χ4v) is 1.73. The number of nitrogens with zero attached hydrogens (tertiary/aromatic N) is 1. The lowest BCUT2D eigenvalue weighted by molar-refractivity contribution is -0.137. The number of halogens is 4. The number of rotatable bonds is 4. The average molecular weight is 348 g/mol. The van der Waals surface area contributed by atoms with E-state index < -0.39 is 17.8 Å². The molecule has 0 bridgehead atoms. The highest BCUT2D eigenvalue weighted by Gasteiger charge is 2.30. The van der Waals surface area contributed by atoms with Crippen molar-refractivity contribution in [3.8, 4) is 0 Å². The molecule has 1 N–H and O–H groups in total. The van der Waals surface area contributed by atoms with Crippen LogP contribution in [0.5, 0.6) is 0 Å². The fourth-order valence-electron chi connectivity index (χ4n) is 1.39. The lowest BCUT2D eigenvalue weighted by atomic mass is 10.0. The first-order chi connectivity index (χ1) is 9.27. The summed E-state index contributed by atoms with van der Waals surface area (Å²) in [6, 6.07) is 4.27. The van der Waals surface area contributed by atoms with Crippen molar-refractivity contribution in [3.63, 3.8) is 0 Å². The maximum absolute atomic E-state index is 12.4. The normalized spacial score (nSPS) is 14.6. The van der Waals surface area contributed by atoms with Gasteiger partial charge in [-0.25, -0.2) is 4.99 Å². The van der Waals surface area contributed by atoms with Gasteiger partial charge in [-0.2, -0.15) is 13.2 Å². The van der Waals surface area contributed by atoms with Gasteiger partial charge in [0, 0.05) is 11.8 Å². The third kappa shape index (κ3) is 4.31. The topological polar surface area (TPSA) is 32.6 Å². The van der Waals surface area contributed by atoms with Crippen molar-refractivity contribution >= 4 is 20.6 Å². The first-order valence-corrected chi connectivity index (χ1v) is 6.45. The predicted molar refractivity (Wildman–Crippen MR) is 76.7 cm³/mol. The lowest BCUT2D eigenvalue weighted by Gasteiger charge is -2.14. The highest BCUT2D eigenvalue weighted by molar-refractivity contribution is 9.18. The maximum Gasteiger partial charge on any atom is 0.416 e. The third-order valence-corrected chi connectivity index (χ3v) is 3.20. The summed E-state index contributed by atoms with van der Waals surface area (Å²) >= 11 is 3.15. The number of alkyl halides is 3. The van der Waals surface area contributed by atoms with Crippen LogP contribution in [-0.2, 0) is 6.18 Å². The molecular weight excluding hydrogens is 335 g/mol. The Kier molecular flexibility index (Phi) is 5.71. The summed E-state index contributed by atoms with van der Waals surface area (Å²) in [5, 5.41) is 10.0. The number of allylic oxidation sites excluding steroid dienone is 1. The van der Waals surface area contributed by atoms with Crippen LogP contribution in [0.4, 0.5) is 13.2 Å². The van der Waals surface area contributed by atoms with Crippen molar-refractivity contribution in [2.75, 3.05) is 0 Å². The Hall–Kier alpha value is -1.40. The van der Waals surface area contributed by atoms with E-state index in [9.17, 15) is 18.3 Å². The minimum absolute atomic E-state index is 0.267. The van der Waals surface area contributed by atoms with Crippen LogP contribution in [0.1, 0.15) is 24.2 Å². The second-order valence-corrected chi connectivity index (χ2v) is 4.70.